The van der Waals surface area contributed by atoms with Crippen LogP contribution in [-0.4, -0.2) is 15.6 Å². The van der Waals surface area contributed by atoms with Crippen LogP contribution in [0.5, 0.6) is 0 Å². The Labute approximate surface area is 105 Å². The summed E-state index contributed by atoms with van der Waals surface area (Å²) in [7, 11) is 1.72. The fraction of sp³-hybridized carbons (Fsp3) is 0.0833. The third-order valence-corrected chi connectivity index (χ3v) is 3.48. The highest BCUT2D eigenvalue weighted by molar-refractivity contribution is 9.10. The molecule has 0 radical (unpaired) electrons. The first-order valence-electron chi connectivity index (χ1n) is 4.99. The predicted octanol–water partition coefficient (Wildman–Crippen LogP) is 3.39. The number of rotatable bonds is 1. The Morgan fingerprint density at radius 3 is 2.94 bits per heavy atom. The van der Waals surface area contributed by atoms with Crippen LogP contribution in [0.1, 0.15) is 10.5 Å². The predicted molar refractivity (Wildman–Crippen MR) is 67.4 cm³/mol. The average Bonchev–Trinajstić information content (AvgIpc) is 2.78. The molecule has 0 aliphatic carbocycles. The molecule has 0 bridgehead atoms. The topological polar surface area (TPSA) is 55.4 Å². The SMILES string of the molecule is Cn1c(C(=O)O)cc2oc3c(Br)cccc3c21. The molecule has 3 aromatic rings. The van der Waals surface area contributed by atoms with E-state index in [1.54, 1.807) is 17.7 Å². The number of aryl methyl sites for hydroxylation is 1. The number of carbonyl (C=O) groups is 1. The lowest BCUT2D eigenvalue weighted by molar-refractivity contribution is 0.0687. The van der Waals surface area contributed by atoms with Gasteiger partial charge in [0.2, 0.25) is 0 Å². The Morgan fingerprint density at radius 1 is 1.47 bits per heavy atom. The van der Waals surface area contributed by atoms with Crippen molar-refractivity contribution < 1.29 is 14.3 Å². The van der Waals surface area contributed by atoms with Crippen LogP contribution in [0, 0.1) is 0 Å². The van der Waals surface area contributed by atoms with Gasteiger partial charge in [-0.1, -0.05) is 6.07 Å². The van der Waals surface area contributed by atoms with Crippen LogP contribution < -0.4 is 0 Å². The summed E-state index contributed by atoms with van der Waals surface area (Å²) in [5.74, 6) is -0.956. The average molecular weight is 294 g/mol. The van der Waals surface area contributed by atoms with Gasteiger partial charge in [0.05, 0.1) is 9.99 Å². The summed E-state index contributed by atoms with van der Waals surface area (Å²) in [5.41, 5.74) is 2.36. The molecule has 0 atom stereocenters. The van der Waals surface area contributed by atoms with Gasteiger partial charge in [0, 0.05) is 18.5 Å². The Kier molecular flexibility index (Phi) is 2.06. The second kappa shape index (κ2) is 3.37. The first kappa shape index (κ1) is 10.4. The number of aromatic nitrogens is 1. The Morgan fingerprint density at radius 2 is 2.24 bits per heavy atom. The summed E-state index contributed by atoms with van der Waals surface area (Å²) in [6.07, 6.45) is 0. The number of hydrogen-bond donors (Lipinski definition) is 1. The van der Waals surface area contributed by atoms with E-state index >= 15 is 0 Å². The number of benzene rings is 1. The van der Waals surface area contributed by atoms with Crippen molar-refractivity contribution in [1.29, 1.82) is 0 Å². The van der Waals surface area contributed by atoms with Crippen LogP contribution in [0.15, 0.2) is 33.2 Å². The third-order valence-electron chi connectivity index (χ3n) is 2.85. The molecule has 0 spiro atoms. The highest BCUT2D eigenvalue weighted by atomic mass is 79.9. The highest BCUT2D eigenvalue weighted by Crippen LogP contribution is 2.34. The van der Waals surface area contributed by atoms with E-state index in [1.807, 2.05) is 18.2 Å². The number of para-hydroxylation sites is 1. The maximum Gasteiger partial charge on any atom is 0.352 e. The molecule has 0 saturated carbocycles. The maximum absolute atomic E-state index is 11.0. The standard InChI is InChI=1S/C12H8BrNO3/c1-14-8(12(15)16)5-9-10(14)6-3-2-4-7(13)11(6)17-9/h2-5H,1H3,(H,15,16). The van der Waals surface area contributed by atoms with Gasteiger partial charge in [-0.25, -0.2) is 4.79 Å². The Balaban J connectivity index is 2.50. The minimum atomic E-state index is -0.956. The lowest BCUT2D eigenvalue weighted by Gasteiger charge is -1.98. The molecule has 1 aromatic carbocycles. The molecule has 0 unspecified atom stereocenters. The quantitative estimate of drug-likeness (QED) is 0.748. The minimum absolute atomic E-state index is 0.223. The van der Waals surface area contributed by atoms with Crippen molar-refractivity contribution in [2.24, 2.45) is 7.05 Å². The van der Waals surface area contributed by atoms with Crippen molar-refractivity contribution in [3.8, 4) is 0 Å². The van der Waals surface area contributed by atoms with Crippen LogP contribution >= 0.6 is 15.9 Å². The van der Waals surface area contributed by atoms with Crippen molar-refractivity contribution in [2.75, 3.05) is 0 Å². The second-order valence-corrected chi connectivity index (χ2v) is 4.68. The van der Waals surface area contributed by atoms with Gasteiger partial charge in [0.15, 0.2) is 11.2 Å². The van der Waals surface area contributed by atoms with Gasteiger partial charge in [0.1, 0.15) is 5.69 Å². The fourth-order valence-corrected chi connectivity index (χ4v) is 2.53. The summed E-state index contributed by atoms with van der Waals surface area (Å²) in [6, 6.07) is 7.25. The summed E-state index contributed by atoms with van der Waals surface area (Å²) < 4.78 is 8.16. The van der Waals surface area contributed by atoms with E-state index in [2.05, 4.69) is 15.9 Å². The number of carboxylic acid groups (broad SMARTS) is 1. The van der Waals surface area contributed by atoms with Crippen molar-refractivity contribution in [3.63, 3.8) is 0 Å². The van der Waals surface area contributed by atoms with Crippen LogP contribution in [-0.2, 0) is 7.05 Å². The van der Waals surface area contributed by atoms with E-state index in [1.165, 1.54) is 0 Å². The van der Waals surface area contributed by atoms with Crippen molar-refractivity contribution in [1.82, 2.24) is 4.57 Å². The zero-order chi connectivity index (χ0) is 12.2. The highest BCUT2D eigenvalue weighted by Gasteiger charge is 2.18. The molecular weight excluding hydrogens is 286 g/mol. The van der Waals surface area contributed by atoms with Crippen LogP contribution in [0.25, 0.3) is 22.1 Å². The van der Waals surface area contributed by atoms with Crippen molar-refractivity contribution in [2.45, 2.75) is 0 Å². The fourth-order valence-electron chi connectivity index (χ4n) is 2.08. The van der Waals surface area contributed by atoms with Gasteiger partial charge in [-0.15, -0.1) is 0 Å². The molecular formula is C12H8BrNO3. The lowest BCUT2D eigenvalue weighted by atomic mass is 10.2. The summed E-state index contributed by atoms with van der Waals surface area (Å²) in [6.45, 7) is 0. The number of nitrogens with zero attached hydrogens (tertiary/aromatic N) is 1. The number of carboxylic acids is 1. The first-order valence-corrected chi connectivity index (χ1v) is 5.78. The maximum atomic E-state index is 11.0. The van der Waals surface area contributed by atoms with E-state index in [0.29, 0.717) is 5.58 Å². The van der Waals surface area contributed by atoms with Crippen LogP contribution in [0.3, 0.4) is 0 Å². The van der Waals surface area contributed by atoms with Crippen molar-refractivity contribution >= 4 is 44.0 Å². The van der Waals surface area contributed by atoms with E-state index < -0.39 is 5.97 Å². The van der Waals surface area contributed by atoms with Gasteiger partial charge in [0.25, 0.3) is 0 Å². The number of halogens is 1. The molecule has 0 saturated heterocycles. The number of hydrogen-bond acceptors (Lipinski definition) is 2. The molecule has 0 fully saturated rings. The lowest BCUT2D eigenvalue weighted by Crippen LogP contribution is -2.03. The zero-order valence-electron chi connectivity index (χ0n) is 8.90. The van der Waals surface area contributed by atoms with E-state index in [4.69, 9.17) is 9.52 Å². The molecule has 4 nitrogen and oxygen atoms in total. The smallest absolute Gasteiger partial charge is 0.352 e. The van der Waals surface area contributed by atoms with E-state index in [0.717, 1.165) is 21.0 Å². The van der Waals surface area contributed by atoms with Gasteiger partial charge >= 0.3 is 5.97 Å². The number of aromatic carboxylic acids is 1. The second-order valence-electron chi connectivity index (χ2n) is 3.83. The van der Waals surface area contributed by atoms with Crippen LogP contribution in [0.2, 0.25) is 0 Å². The number of fused-ring (bicyclic) bond motifs is 3. The monoisotopic (exact) mass is 293 g/mol. The van der Waals surface area contributed by atoms with E-state index in [-0.39, 0.29) is 5.69 Å². The van der Waals surface area contributed by atoms with E-state index in [9.17, 15) is 4.79 Å². The zero-order valence-corrected chi connectivity index (χ0v) is 10.5. The molecule has 0 aliphatic rings. The molecule has 5 heteroatoms. The molecule has 86 valence electrons. The Hall–Kier alpha value is -1.75. The molecule has 17 heavy (non-hydrogen) atoms. The first-order chi connectivity index (χ1) is 8.09. The number of furan rings is 1. The van der Waals surface area contributed by atoms with Gasteiger partial charge in [-0.05, 0) is 28.1 Å². The molecule has 2 aromatic heterocycles. The summed E-state index contributed by atoms with van der Waals surface area (Å²) >= 11 is 3.41. The van der Waals surface area contributed by atoms with Crippen LogP contribution in [0.4, 0.5) is 0 Å². The van der Waals surface area contributed by atoms with Gasteiger partial charge < -0.3 is 14.1 Å². The summed E-state index contributed by atoms with van der Waals surface area (Å²) in [5, 5.41) is 9.95. The third kappa shape index (κ3) is 1.32. The molecule has 3 rings (SSSR count). The normalized spacial score (nSPS) is 11.4. The van der Waals surface area contributed by atoms with Crippen molar-refractivity contribution in [3.05, 3.63) is 34.4 Å². The minimum Gasteiger partial charge on any atom is -0.477 e. The molecule has 2 heterocycles. The molecule has 0 amide bonds. The van der Waals surface area contributed by atoms with Gasteiger partial charge in [-0.3, -0.25) is 0 Å². The summed E-state index contributed by atoms with van der Waals surface area (Å²) in [4.78, 5) is 11.0. The Bertz CT molecular complexity index is 754. The molecule has 1 N–H and O–H groups in total. The molecule has 0 aliphatic heterocycles. The van der Waals surface area contributed by atoms with Gasteiger partial charge in [-0.2, -0.15) is 0 Å². The largest absolute Gasteiger partial charge is 0.477 e.